The fraction of sp³-hybridized carbons (Fsp3) is 0.174. The van der Waals surface area contributed by atoms with Gasteiger partial charge in [-0.1, -0.05) is 17.7 Å². The van der Waals surface area contributed by atoms with Gasteiger partial charge in [0.15, 0.2) is 0 Å². The summed E-state index contributed by atoms with van der Waals surface area (Å²) in [5.41, 5.74) is 1.71. The third-order valence-electron chi connectivity index (χ3n) is 4.94. The highest BCUT2D eigenvalue weighted by atomic mass is 35.5. The summed E-state index contributed by atoms with van der Waals surface area (Å²) < 4.78 is 39.2. The molecule has 0 bridgehead atoms. The van der Waals surface area contributed by atoms with Crippen LogP contribution in [0.4, 0.5) is 11.4 Å². The molecule has 0 radical (unpaired) electrons. The van der Waals surface area contributed by atoms with Gasteiger partial charge in [0.05, 0.1) is 23.1 Å². The monoisotopic (exact) mass is 469 g/mol. The van der Waals surface area contributed by atoms with Crippen LogP contribution < -0.4 is 14.4 Å². The van der Waals surface area contributed by atoms with E-state index in [-0.39, 0.29) is 15.5 Å². The van der Waals surface area contributed by atoms with Crippen molar-refractivity contribution in [2.24, 2.45) is 0 Å². The summed E-state index contributed by atoms with van der Waals surface area (Å²) in [6.07, 6.45) is 0. The van der Waals surface area contributed by atoms with Gasteiger partial charge in [-0.15, -0.1) is 0 Å². The van der Waals surface area contributed by atoms with E-state index in [2.05, 4.69) is 9.62 Å². The molecule has 0 atom stereocenters. The average molecular weight is 470 g/mol. The summed E-state index contributed by atoms with van der Waals surface area (Å²) >= 11 is 6.01. The number of hydrogen-bond donors (Lipinski definition) is 1. The molecule has 1 aliphatic heterocycles. The van der Waals surface area contributed by atoms with E-state index in [0.717, 1.165) is 18.8 Å². The second kappa shape index (κ2) is 9.49. The lowest BCUT2D eigenvalue weighted by atomic mass is 10.2. The summed E-state index contributed by atoms with van der Waals surface area (Å²) in [5, 5.41) is 9.53. The predicted octanol–water partition coefficient (Wildman–Crippen LogP) is 4.64. The van der Waals surface area contributed by atoms with E-state index in [1.807, 2.05) is 18.2 Å². The first kappa shape index (κ1) is 22.0. The van der Waals surface area contributed by atoms with E-state index < -0.39 is 10.0 Å². The van der Waals surface area contributed by atoms with Crippen molar-refractivity contribution in [2.45, 2.75) is 4.90 Å². The Hall–Kier alpha value is -3.25. The van der Waals surface area contributed by atoms with Crippen molar-refractivity contribution in [1.82, 2.24) is 0 Å². The van der Waals surface area contributed by atoms with Crippen molar-refractivity contribution in [3.63, 3.8) is 0 Å². The first-order valence-electron chi connectivity index (χ1n) is 9.88. The number of benzene rings is 3. The molecule has 0 amide bonds. The molecule has 0 spiro atoms. The first-order chi connectivity index (χ1) is 15.5. The van der Waals surface area contributed by atoms with Crippen LogP contribution >= 0.6 is 11.6 Å². The molecule has 1 N–H and O–H groups in total. The lowest BCUT2D eigenvalue weighted by Crippen LogP contribution is -2.36. The molecule has 3 aromatic rings. The summed E-state index contributed by atoms with van der Waals surface area (Å²) in [6, 6.07) is 20.1. The van der Waals surface area contributed by atoms with Gasteiger partial charge in [-0.25, -0.2) is 8.42 Å². The Morgan fingerprint density at radius 3 is 2.34 bits per heavy atom. The number of nitrogens with one attached hydrogen (secondary N) is 1. The maximum Gasteiger partial charge on any atom is 0.261 e. The molecule has 1 heterocycles. The summed E-state index contributed by atoms with van der Waals surface area (Å²) in [6.45, 7) is 2.99. The number of anilines is 2. The number of morpholine rings is 1. The molecular formula is C23H20ClN3O4S. The van der Waals surface area contributed by atoms with E-state index in [4.69, 9.17) is 21.1 Å². The molecule has 1 saturated heterocycles. The Morgan fingerprint density at radius 2 is 1.69 bits per heavy atom. The summed E-state index contributed by atoms with van der Waals surface area (Å²) in [5.74, 6) is 0.687. The van der Waals surface area contributed by atoms with E-state index in [1.54, 1.807) is 30.3 Å². The largest absolute Gasteiger partial charge is 0.456 e. The van der Waals surface area contributed by atoms with Crippen molar-refractivity contribution in [3.8, 4) is 17.6 Å². The molecule has 3 aromatic carbocycles. The highest BCUT2D eigenvalue weighted by Gasteiger charge is 2.16. The SMILES string of the molecule is N#Cc1c(Cl)cccc1Oc1ccc(S(=O)(=O)Nc2ccc(N3CCOCC3)cc2)cc1. The fourth-order valence-corrected chi connectivity index (χ4v) is 4.55. The van der Waals surface area contributed by atoms with Crippen LogP contribution in [0, 0.1) is 11.3 Å². The highest BCUT2D eigenvalue weighted by Crippen LogP contribution is 2.30. The van der Waals surface area contributed by atoms with Crippen molar-refractivity contribution in [3.05, 3.63) is 77.3 Å². The quantitative estimate of drug-likeness (QED) is 0.565. The van der Waals surface area contributed by atoms with Crippen molar-refractivity contribution >= 4 is 33.0 Å². The maximum atomic E-state index is 12.8. The van der Waals surface area contributed by atoms with Crippen LogP contribution in [0.3, 0.4) is 0 Å². The number of nitriles is 1. The minimum atomic E-state index is -3.77. The van der Waals surface area contributed by atoms with E-state index in [0.29, 0.717) is 30.4 Å². The Balaban J connectivity index is 1.45. The van der Waals surface area contributed by atoms with Crippen molar-refractivity contribution in [1.29, 1.82) is 5.26 Å². The molecule has 0 unspecified atom stereocenters. The average Bonchev–Trinajstić information content (AvgIpc) is 2.80. The van der Waals surface area contributed by atoms with Gasteiger partial charge in [0, 0.05) is 24.5 Å². The van der Waals surface area contributed by atoms with Crippen LogP contribution in [-0.2, 0) is 14.8 Å². The fourth-order valence-electron chi connectivity index (χ4n) is 3.29. The number of sulfonamides is 1. The summed E-state index contributed by atoms with van der Waals surface area (Å²) in [7, 11) is -3.77. The Bertz CT molecular complexity index is 1230. The van der Waals surface area contributed by atoms with Crippen LogP contribution in [0.1, 0.15) is 5.56 Å². The third kappa shape index (κ3) is 4.97. The molecule has 9 heteroatoms. The van der Waals surface area contributed by atoms with Crippen molar-refractivity contribution < 1.29 is 17.9 Å². The number of halogens is 1. The molecule has 7 nitrogen and oxygen atoms in total. The van der Waals surface area contributed by atoms with Gasteiger partial charge in [0.25, 0.3) is 10.0 Å². The van der Waals surface area contributed by atoms with Crippen LogP contribution in [0.25, 0.3) is 0 Å². The Labute approximate surface area is 191 Å². The summed E-state index contributed by atoms with van der Waals surface area (Å²) in [4.78, 5) is 2.28. The van der Waals surface area contributed by atoms with Crippen LogP contribution in [0.2, 0.25) is 5.02 Å². The van der Waals surface area contributed by atoms with Gasteiger partial charge >= 0.3 is 0 Å². The Kier molecular flexibility index (Phi) is 6.51. The molecule has 0 saturated carbocycles. The maximum absolute atomic E-state index is 12.8. The smallest absolute Gasteiger partial charge is 0.261 e. The molecular weight excluding hydrogens is 450 g/mol. The highest BCUT2D eigenvalue weighted by molar-refractivity contribution is 7.92. The molecule has 32 heavy (non-hydrogen) atoms. The van der Waals surface area contributed by atoms with Crippen molar-refractivity contribution in [2.75, 3.05) is 35.9 Å². The number of hydrogen-bond acceptors (Lipinski definition) is 6. The predicted molar refractivity (Wildman–Crippen MR) is 123 cm³/mol. The van der Waals surface area contributed by atoms with Gasteiger partial charge in [0.1, 0.15) is 23.1 Å². The van der Waals surface area contributed by atoms with Gasteiger partial charge in [0.2, 0.25) is 0 Å². The van der Waals surface area contributed by atoms with Crippen LogP contribution in [-0.4, -0.2) is 34.7 Å². The molecule has 4 rings (SSSR count). The zero-order chi connectivity index (χ0) is 22.6. The van der Waals surface area contributed by atoms with E-state index >= 15 is 0 Å². The molecule has 0 aromatic heterocycles. The third-order valence-corrected chi connectivity index (χ3v) is 6.66. The second-order valence-electron chi connectivity index (χ2n) is 7.05. The minimum Gasteiger partial charge on any atom is -0.456 e. The second-order valence-corrected chi connectivity index (χ2v) is 9.14. The molecule has 0 aliphatic carbocycles. The molecule has 164 valence electrons. The lowest BCUT2D eigenvalue weighted by molar-refractivity contribution is 0.122. The van der Waals surface area contributed by atoms with E-state index in [1.165, 1.54) is 24.3 Å². The van der Waals surface area contributed by atoms with Gasteiger partial charge in [-0.05, 0) is 60.7 Å². The number of rotatable bonds is 6. The minimum absolute atomic E-state index is 0.0914. The zero-order valence-corrected chi connectivity index (χ0v) is 18.6. The lowest BCUT2D eigenvalue weighted by Gasteiger charge is -2.28. The van der Waals surface area contributed by atoms with Crippen LogP contribution in [0.15, 0.2) is 71.6 Å². The Morgan fingerprint density at radius 1 is 1.00 bits per heavy atom. The normalized spacial score (nSPS) is 13.9. The standard InChI is InChI=1S/C23H20ClN3O4S/c24-22-2-1-3-23(21(22)16-25)31-19-8-10-20(11-9-19)32(28,29)26-17-4-6-18(7-5-17)27-12-14-30-15-13-27/h1-11,26H,12-15H2. The molecule has 1 fully saturated rings. The topological polar surface area (TPSA) is 91.7 Å². The van der Waals surface area contributed by atoms with Gasteiger partial charge < -0.3 is 14.4 Å². The van der Waals surface area contributed by atoms with Crippen LogP contribution in [0.5, 0.6) is 11.5 Å². The molecule has 1 aliphatic rings. The van der Waals surface area contributed by atoms with E-state index in [9.17, 15) is 13.7 Å². The zero-order valence-electron chi connectivity index (χ0n) is 17.0. The number of ether oxygens (including phenoxy) is 2. The van der Waals surface area contributed by atoms with Gasteiger partial charge in [-0.3, -0.25) is 4.72 Å². The number of nitrogens with zero attached hydrogens (tertiary/aromatic N) is 2. The first-order valence-corrected chi connectivity index (χ1v) is 11.7. The van der Waals surface area contributed by atoms with Gasteiger partial charge in [-0.2, -0.15) is 5.26 Å².